The number of hydrogen-bond acceptors (Lipinski definition) is 2. The normalized spacial score (nSPS) is 16.3. The Balaban J connectivity index is 2.03. The highest BCUT2D eigenvalue weighted by Crippen LogP contribution is 2.27. The second-order valence-corrected chi connectivity index (χ2v) is 5.78. The second kappa shape index (κ2) is 6.29. The zero-order valence-electron chi connectivity index (χ0n) is 11.4. The van der Waals surface area contributed by atoms with Gasteiger partial charge in [0.05, 0.1) is 16.3 Å². The summed E-state index contributed by atoms with van der Waals surface area (Å²) < 4.78 is 0. The molecule has 104 valence electrons. The molecule has 0 aliphatic heterocycles. The average Bonchev–Trinajstić information content (AvgIpc) is 2.42. The number of benzene rings is 1. The van der Waals surface area contributed by atoms with Gasteiger partial charge in [0.15, 0.2) is 0 Å². The third-order valence-electron chi connectivity index (χ3n) is 3.86. The third kappa shape index (κ3) is 3.41. The van der Waals surface area contributed by atoms with Gasteiger partial charge < -0.3 is 10.6 Å². The Morgan fingerprint density at radius 2 is 2.05 bits per heavy atom. The van der Waals surface area contributed by atoms with E-state index >= 15 is 0 Å². The largest absolute Gasteiger partial charge is 0.398 e. The van der Waals surface area contributed by atoms with Crippen molar-refractivity contribution >= 4 is 23.2 Å². The quantitative estimate of drug-likeness (QED) is 0.860. The number of halogens is 1. The van der Waals surface area contributed by atoms with E-state index in [2.05, 4.69) is 0 Å². The van der Waals surface area contributed by atoms with Crippen molar-refractivity contribution in [3.8, 4) is 0 Å². The van der Waals surface area contributed by atoms with Crippen molar-refractivity contribution in [1.29, 1.82) is 0 Å². The molecule has 1 saturated carbocycles. The van der Waals surface area contributed by atoms with E-state index in [9.17, 15) is 4.79 Å². The molecule has 19 heavy (non-hydrogen) atoms. The molecule has 2 N–H and O–H groups in total. The summed E-state index contributed by atoms with van der Waals surface area (Å²) >= 11 is 6.10. The smallest absolute Gasteiger partial charge is 0.255 e. The Hall–Kier alpha value is -1.22. The summed E-state index contributed by atoms with van der Waals surface area (Å²) in [6, 6.07) is 5.21. The summed E-state index contributed by atoms with van der Waals surface area (Å²) in [7, 11) is 1.84. The average molecular weight is 281 g/mol. The monoisotopic (exact) mass is 280 g/mol. The molecule has 4 heteroatoms. The van der Waals surface area contributed by atoms with E-state index in [1.54, 1.807) is 23.1 Å². The number of hydrogen-bond donors (Lipinski definition) is 1. The van der Waals surface area contributed by atoms with Crippen LogP contribution in [0.1, 0.15) is 42.5 Å². The Morgan fingerprint density at radius 1 is 1.37 bits per heavy atom. The maximum atomic E-state index is 12.4. The molecule has 1 aromatic carbocycles. The topological polar surface area (TPSA) is 46.3 Å². The minimum absolute atomic E-state index is 0.0390. The lowest BCUT2D eigenvalue weighted by Gasteiger charge is -2.27. The van der Waals surface area contributed by atoms with Crippen LogP contribution in [-0.2, 0) is 0 Å². The molecule has 1 aromatic rings. The van der Waals surface area contributed by atoms with Crippen LogP contribution in [0.3, 0.4) is 0 Å². The minimum atomic E-state index is -0.0390. The Labute approximate surface area is 119 Å². The highest BCUT2D eigenvalue weighted by Gasteiger charge is 2.21. The Kier molecular flexibility index (Phi) is 4.70. The first-order valence-electron chi connectivity index (χ1n) is 6.89. The Bertz CT molecular complexity index is 455. The number of nitrogens with two attached hydrogens (primary N) is 1. The fourth-order valence-corrected chi connectivity index (χ4v) is 2.97. The first-order chi connectivity index (χ1) is 9.09. The summed E-state index contributed by atoms with van der Waals surface area (Å²) in [6.45, 7) is 0.809. The number of rotatable bonds is 3. The van der Waals surface area contributed by atoms with Crippen molar-refractivity contribution in [2.45, 2.75) is 32.1 Å². The molecule has 2 rings (SSSR count). The van der Waals surface area contributed by atoms with Gasteiger partial charge in [-0.1, -0.05) is 36.9 Å². The van der Waals surface area contributed by atoms with Gasteiger partial charge >= 0.3 is 0 Å². The second-order valence-electron chi connectivity index (χ2n) is 5.40. The predicted molar refractivity (Wildman–Crippen MR) is 79.4 cm³/mol. The highest BCUT2D eigenvalue weighted by atomic mass is 35.5. The molecular weight excluding hydrogens is 260 g/mol. The van der Waals surface area contributed by atoms with Crippen LogP contribution in [0.25, 0.3) is 0 Å². The highest BCUT2D eigenvalue weighted by molar-refractivity contribution is 6.36. The van der Waals surface area contributed by atoms with Gasteiger partial charge in [-0.3, -0.25) is 4.79 Å². The van der Waals surface area contributed by atoms with E-state index < -0.39 is 0 Å². The standard InChI is InChI=1S/C15H21ClN2O/c1-18(10-11-6-3-2-4-7-11)15(19)12-8-5-9-13(17)14(12)16/h5,8-9,11H,2-4,6-7,10,17H2,1H3. The van der Waals surface area contributed by atoms with Crippen LogP contribution >= 0.6 is 11.6 Å². The van der Waals surface area contributed by atoms with Crippen LogP contribution in [0.15, 0.2) is 18.2 Å². The molecule has 0 spiro atoms. The number of anilines is 1. The summed E-state index contributed by atoms with van der Waals surface area (Å²) in [6.07, 6.45) is 6.34. The number of carbonyl (C=O) groups excluding carboxylic acids is 1. The maximum Gasteiger partial charge on any atom is 0.255 e. The fraction of sp³-hybridized carbons (Fsp3) is 0.533. The molecule has 0 heterocycles. The SMILES string of the molecule is CN(CC1CCCCC1)C(=O)c1cccc(N)c1Cl. The van der Waals surface area contributed by atoms with Crippen molar-refractivity contribution in [3.63, 3.8) is 0 Å². The molecular formula is C15H21ClN2O. The Morgan fingerprint density at radius 3 is 2.74 bits per heavy atom. The van der Waals surface area contributed by atoms with E-state index in [0.717, 1.165) is 6.54 Å². The zero-order chi connectivity index (χ0) is 13.8. The lowest BCUT2D eigenvalue weighted by atomic mass is 9.89. The number of carbonyl (C=O) groups is 1. The molecule has 0 bridgehead atoms. The molecule has 0 unspecified atom stereocenters. The van der Waals surface area contributed by atoms with Crippen molar-refractivity contribution in [2.75, 3.05) is 19.3 Å². The molecule has 3 nitrogen and oxygen atoms in total. The predicted octanol–water partition coefficient (Wildman–Crippen LogP) is 3.57. The number of nitrogen functional groups attached to an aromatic ring is 1. The third-order valence-corrected chi connectivity index (χ3v) is 4.28. The summed E-state index contributed by atoms with van der Waals surface area (Å²) in [5.74, 6) is 0.588. The van der Waals surface area contributed by atoms with Gasteiger partial charge in [-0.25, -0.2) is 0 Å². The van der Waals surface area contributed by atoms with Crippen LogP contribution in [0.2, 0.25) is 5.02 Å². The van der Waals surface area contributed by atoms with Gasteiger partial charge in [0.25, 0.3) is 5.91 Å². The van der Waals surface area contributed by atoms with Gasteiger partial charge in [0.1, 0.15) is 0 Å². The lowest BCUT2D eigenvalue weighted by molar-refractivity contribution is 0.0761. The van der Waals surface area contributed by atoms with E-state index in [-0.39, 0.29) is 5.91 Å². The maximum absolute atomic E-state index is 12.4. The van der Waals surface area contributed by atoms with Crippen LogP contribution in [0.5, 0.6) is 0 Å². The molecule has 0 saturated heterocycles. The summed E-state index contributed by atoms with van der Waals surface area (Å²) in [4.78, 5) is 14.2. The molecule has 1 aliphatic carbocycles. The van der Waals surface area contributed by atoms with E-state index in [1.807, 2.05) is 7.05 Å². The van der Waals surface area contributed by atoms with Crippen LogP contribution in [-0.4, -0.2) is 24.4 Å². The van der Waals surface area contributed by atoms with Gasteiger partial charge in [0.2, 0.25) is 0 Å². The molecule has 0 aromatic heterocycles. The van der Waals surface area contributed by atoms with Crippen molar-refractivity contribution in [1.82, 2.24) is 4.90 Å². The lowest BCUT2D eigenvalue weighted by Crippen LogP contribution is -2.32. The van der Waals surface area contributed by atoms with Crippen molar-refractivity contribution in [3.05, 3.63) is 28.8 Å². The van der Waals surface area contributed by atoms with Gasteiger partial charge in [0, 0.05) is 13.6 Å². The van der Waals surface area contributed by atoms with E-state index in [4.69, 9.17) is 17.3 Å². The first-order valence-corrected chi connectivity index (χ1v) is 7.27. The van der Waals surface area contributed by atoms with Gasteiger partial charge in [-0.15, -0.1) is 0 Å². The van der Waals surface area contributed by atoms with Crippen molar-refractivity contribution in [2.24, 2.45) is 5.92 Å². The molecule has 1 amide bonds. The van der Waals surface area contributed by atoms with E-state index in [0.29, 0.717) is 22.2 Å². The minimum Gasteiger partial charge on any atom is -0.398 e. The summed E-state index contributed by atoms with van der Waals surface area (Å²) in [5, 5.41) is 0.364. The molecule has 0 atom stereocenters. The van der Waals surface area contributed by atoms with Crippen LogP contribution < -0.4 is 5.73 Å². The summed E-state index contributed by atoms with van der Waals surface area (Å²) in [5.41, 5.74) is 6.70. The number of amides is 1. The molecule has 1 fully saturated rings. The van der Waals surface area contributed by atoms with Crippen LogP contribution in [0, 0.1) is 5.92 Å². The van der Waals surface area contributed by atoms with Gasteiger partial charge in [-0.2, -0.15) is 0 Å². The number of nitrogens with zero attached hydrogens (tertiary/aromatic N) is 1. The van der Waals surface area contributed by atoms with Crippen molar-refractivity contribution < 1.29 is 4.79 Å². The molecule has 1 aliphatic rings. The van der Waals surface area contributed by atoms with Crippen LogP contribution in [0.4, 0.5) is 5.69 Å². The molecule has 0 radical (unpaired) electrons. The first kappa shape index (κ1) is 14.2. The fourth-order valence-electron chi connectivity index (χ4n) is 2.76. The van der Waals surface area contributed by atoms with Gasteiger partial charge in [-0.05, 0) is 30.9 Å². The zero-order valence-corrected chi connectivity index (χ0v) is 12.1. The van der Waals surface area contributed by atoms with E-state index in [1.165, 1.54) is 32.1 Å².